The number of hydrogen-bond acceptors (Lipinski definition) is 5. The average Bonchev–Trinajstić information content (AvgIpc) is 2.97. The number of rotatable bonds is 6. The summed E-state index contributed by atoms with van der Waals surface area (Å²) in [5.41, 5.74) is 0. The lowest BCUT2D eigenvalue weighted by molar-refractivity contribution is -0.144. The number of likely N-dealkylation sites (N-methyl/N-ethyl adjacent to an activating group) is 1. The van der Waals surface area contributed by atoms with Crippen LogP contribution in [0.3, 0.4) is 0 Å². The molecule has 0 spiro atoms. The maximum Gasteiger partial charge on any atom is 0.311 e. The number of aliphatic carboxylic acids is 1. The Kier molecular flexibility index (Phi) is 5.96. The highest BCUT2D eigenvalue weighted by atomic mass is 16.5. The molecular formula is C14H24N2O5. The number of carboxylic acids is 1. The zero-order chi connectivity index (χ0) is 15.2. The van der Waals surface area contributed by atoms with Gasteiger partial charge in [-0.1, -0.05) is 0 Å². The summed E-state index contributed by atoms with van der Waals surface area (Å²) in [5.74, 6) is -1.64. The normalized spacial score (nSPS) is 26.7. The maximum atomic E-state index is 12.1. The monoisotopic (exact) mass is 300 g/mol. The van der Waals surface area contributed by atoms with Crippen LogP contribution in [-0.2, 0) is 19.1 Å². The summed E-state index contributed by atoms with van der Waals surface area (Å²) < 4.78 is 10.9. The van der Waals surface area contributed by atoms with Gasteiger partial charge in [-0.15, -0.1) is 0 Å². The number of carbonyl (C=O) groups excluding carboxylic acids is 1. The van der Waals surface area contributed by atoms with Crippen LogP contribution in [0.15, 0.2) is 0 Å². The third-order valence-electron chi connectivity index (χ3n) is 4.21. The highest BCUT2D eigenvalue weighted by molar-refractivity contribution is 5.78. The van der Waals surface area contributed by atoms with Crippen LogP contribution in [0.4, 0.5) is 0 Å². The van der Waals surface area contributed by atoms with Gasteiger partial charge in [0.15, 0.2) is 0 Å². The van der Waals surface area contributed by atoms with Gasteiger partial charge in [0.25, 0.3) is 0 Å². The van der Waals surface area contributed by atoms with Gasteiger partial charge in [-0.3, -0.25) is 9.59 Å². The topological polar surface area (TPSA) is 88.1 Å². The highest BCUT2D eigenvalue weighted by Gasteiger charge is 2.38. The highest BCUT2D eigenvalue weighted by Crippen LogP contribution is 2.19. The molecule has 2 saturated heterocycles. The SMILES string of the molecule is CN(C(=O)CCOC1CCNCC1)C1COCC1C(=O)O. The second-order valence-corrected chi connectivity index (χ2v) is 5.62. The van der Waals surface area contributed by atoms with Gasteiger partial charge in [-0.05, 0) is 25.9 Å². The number of hydrogen-bond donors (Lipinski definition) is 2. The molecule has 0 aliphatic carbocycles. The Morgan fingerprint density at radius 1 is 1.33 bits per heavy atom. The van der Waals surface area contributed by atoms with Crippen molar-refractivity contribution in [3.8, 4) is 0 Å². The van der Waals surface area contributed by atoms with E-state index in [4.69, 9.17) is 14.6 Å². The van der Waals surface area contributed by atoms with Crippen LogP contribution < -0.4 is 5.32 Å². The molecule has 2 N–H and O–H groups in total. The van der Waals surface area contributed by atoms with E-state index < -0.39 is 11.9 Å². The number of amides is 1. The van der Waals surface area contributed by atoms with Crippen LogP contribution in [0.5, 0.6) is 0 Å². The van der Waals surface area contributed by atoms with E-state index in [9.17, 15) is 9.59 Å². The minimum atomic E-state index is -0.914. The molecule has 7 heteroatoms. The van der Waals surface area contributed by atoms with Crippen molar-refractivity contribution in [2.24, 2.45) is 5.92 Å². The Morgan fingerprint density at radius 3 is 2.71 bits per heavy atom. The molecule has 2 atom stereocenters. The van der Waals surface area contributed by atoms with E-state index in [-0.39, 0.29) is 37.7 Å². The number of nitrogens with zero attached hydrogens (tertiary/aromatic N) is 1. The van der Waals surface area contributed by atoms with Crippen LogP contribution in [0, 0.1) is 5.92 Å². The molecule has 2 heterocycles. The third kappa shape index (κ3) is 4.39. The molecule has 0 aromatic rings. The summed E-state index contributed by atoms with van der Waals surface area (Å²) in [5, 5.41) is 12.4. The molecule has 0 bridgehead atoms. The molecule has 0 aromatic carbocycles. The van der Waals surface area contributed by atoms with Crippen LogP contribution in [0.1, 0.15) is 19.3 Å². The van der Waals surface area contributed by atoms with E-state index in [2.05, 4.69) is 5.32 Å². The first-order valence-corrected chi connectivity index (χ1v) is 7.48. The second kappa shape index (κ2) is 7.72. The summed E-state index contributed by atoms with van der Waals surface area (Å²) >= 11 is 0. The van der Waals surface area contributed by atoms with Crippen molar-refractivity contribution in [2.75, 3.05) is 40.0 Å². The van der Waals surface area contributed by atoms with Gasteiger partial charge in [0.1, 0.15) is 5.92 Å². The molecule has 2 unspecified atom stereocenters. The van der Waals surface area contributed by atoms with Gasteiger partial charge >= 0.3 is 5.97 Å². The van der Waals surface area contributed by atoms with E-state index in [0.29, 0.717) is 6.61 Å². The second-order valence-electron chi connectivity index (χ2n) is 5.62. The predicted molar refractivity (Wildman–Crippen MR) is 75.0 cm³/mol. The van der Waals surface area contributed by atoms with Crippen LogP contribution in [0.25, 0.3) is 0 Å². The zero-order valence-corrected chi connectivity index (χ0v) is 12.4. The number of ether oxygens (including phenoxy) is 2. The molecule has 7 nitrogen and oxygen atoms in total. The van der Waals surface area contributed by atoms with Crippen molar-refractivity contribution < 1.29 is 24.2 Å². The fourth-order valence-corrected chi connectivity index (χ4v) is 2.80. The number of nitrogens with one attached hydrogen (secondary N) is 1. The average molecular weight is 300 g/mol. The molecule has 2 rings (SSSR count). The molecule has 120 valence electrons. The summed E-state index contributed by atoms with van der Waals surface area (Å²) in [7, 11) is 1.64. The van der Waals surface area contributed by atoms with E-state index in [1.54, 1.807) is 7.05 Å². The van der Waals surface area contributed by atoms with Crippen molar-refractivity contribution in [2.45, 2.75) is 31.4 Å². The summed E-state index contributed by atoms with van der Waals surface area (Å²) in [4.78, 5) is 24.7. The first-order valence-electron chi connectivity index (χ1n) is 7.48. The minimum Gasteiger partial charge on any atom is -0.481 e. The van der Waals surface area contributed by atoms with Crippen molar-refractivity contribution in [3.05, 3.63) is 0 Å². The number of carboxylic acid groups (broad SMARTS) is 1. The van der Waals surface area contributed by atoms with E-state index in [1.807, 2.05) is 0 Å². The molecule has 2 fully saturated rings. The quantitative estimate of drug-likeness (QED) is 0.700. The summed E-state index contributed by atoms with van der Waals surface area (Å²) in [6.07, 6.45) is 2.46. The van der Waals surface area contributed by atoms with Crippen molar-refractivity contribution in [3.63, 3.8) is 0 Å². The van der Waals surface area contributed by atoms with Crippen molar-refractivity contribution in [1.82, 2.24) is 10.2 Å². The Balaban J connectivity index is 1.73. The lowest BCUT2D eigenvalue weighted by atomic mass is 10.0. The Morgan fingerprint density at radius 2 is 2.05 bits per heavy atom. The Labute approximate surface area is 124 Å². The van der Waals surface area contributed by atoms with Crippen molar-refractivity contribution in [1.29, 1.82) is 0 Å². The van der Waals surface area contributed by atoms with Gasteiger partial charge < -0.3 is 24.8 Å². The van der Waals surface area contributed by atoms with E-state index >= 15 is 0 Å². The third-order valence-corrected chi connectivity index (χ3v) is 4.21. The van der Waals surface area contributed by atoms with Gasteiger partial charge in [-0.2, -0.15) is 0 Å². The Bertz CT molecular complexity index is 370. The maximum absolute atomic E-state index is 12.1. The zero-order valence-electron chi connectivity index (χ0n) is 12.4. The molecule has 0 radical (unpaired) electrons. The molecule has 1 amide bonds. The molecule has 0 aromatic heterocycles. The summed E-state index contributed by atoms with van der Waals surface area (Å²) in [6, 6.07) is -0.381. The van der Waals surface area contributed by atoms with E-state index in [1.165, 1.54) is 4.90 Å². The molecule has 21 heavy (non-hydrogen) atoms. The first kappa shape index (κ1) is 16.2. The predicted octanol–water partition coefficient (Wildman–Crippen LogP) is -0.297. The lowest BCUT2D eigenvalue weighted by Gasteiger charge is -2.27. The van der Waals surface area contributed by atoms with E-state index in [0.717, 1.165) is 25.9 Å². The van der Waals surface area contributed by atoms with Crippen LogP contribution in [-0.4, -0.2) is 74.0 Å². The number of carbonyl (C=O) groups is 2. The minimum absolute atomic E-state index is 0.0920. The van der Waals surface area contributed by atoms with Gasteiger partial charge in [0, 0.05) is 7.05 Å². The lowest BCUT2D eigenvalue weighted by Crippen LogP contribution is -2.44. The largest absolute Gasteiger partial charge is 0.481 e. The fraction of sp³-hybridized carbons (Fsp3) is 0.857. The molecular weight excluding hydrogens is 276 g/mol. The van der Waals surface area contributed by atoms with Crippen LogP contribution >= 0.6 is 0 Å². The molecule has 2 aliphatic rings. The van der Waals surface area contributed by atoms with Crippen LogP contribution in [0.2, 0.25) is 0 Å². The van der Waals surface area contributed by atoms with Gasteiger partial charge in [-0.25, -0.2) is 0 Å². The molecule has 2 aliphatic heterocycles. The van der Waals surface area contributed by atoms with Crippen molar-refractivity contribution >= 4 is 11.9 Å². The van der Waals surface area contributed by atoms with Gasteiger partial charge in [0.2, 0.25) is 5.91 Å². The van der Waals surface area contributed by atoms with Gasteiger partial charge in [0.05, 0.1) is 38.4 Å². The molecule has 0 saturated carbocycles. The smallest absolute Gasteiger partial charge is 0.311 e. The fourth-order valence-electron chi connectivity index (χ4n) is 2.80. The first-order chi connectivity index (χ1) is 10.1. The number of piperidine rings is 1. The Hall–Kier alpha value is -1.18. The summed E-state index contributed by atoms with van der Waals surface area (Å²) in [6.45, 7) is 2.76. The standard InChI is InChI=1S/C14H24N2O5/c1-16(12-9-20-8-11(12)14(18)19)13(17)4-7-21-10-2-5-15-6-3-10/h10-12,15H,2-9H2,1H3,(H,18,19).